The van der Waals surface area contributed by atoms with Crippen molar-refractivity contribution in [2.24, 2.45) is 5.73 Å². The first kappa shape index (κ1) is 12.9. The van der Waals surface area contributed by atoms with E-state index in [0.717, 1.165) is 24.0 Å². The first-order valence-corrected chi connectivity index (χ1v) is 6.26. The first-order valence-electron chi connectivity index (χ1n) is 5.89. The standard InChI is InChI=1S/C13H16ClN3O/c14-13-11(4-2-6-15)8-16-17(13)9-10-3-1-5-12(18)7-10/h1,3,5,7-8,18H,2,4,6,9,15H2. The zero-order chi connectivity index (χ0) is 13.0. The van der Waals surface area contributed by atoms with Gasteiger partial charge in [0, 0.05) is 5.56 Å². The Hall–Kier alpha value is -1.52. The summed E-state index contributed by atoms with van der Waals surface area (Å²) < 4.78 is 1.72. The molecule has 1 heterocycles. The van der Waals surface area contributed by atoms with Crippen LogP contribution in [-0.4, -0.2) is 21.4 Å². The van der Waals surface area contributed by atoms with Gasteiger partial charge >= 0.3 is 0 Å². The maximum Gasteiger partial charge on any atom is 0.130 e. The normalized spacial score (nSPS) is 10.8. The topological polar surface area (TPSA) is 64.1 Å². The van der Waals surface area contributed by atoms with E-state index in [9.17, 15) is 5.11 Å². The second kappa shape index (κ2) is 5.89. The Morgan fingerprint density at radius 1 is 1.39 bits per heavy atom. The van der Waals surface area contributed by atoms with Crippen molar-refractivity contribution in [3.63, 3.8) is 0 Å². The molecule has 0 fully saturated rings. The van der Waals surface area contributed by atoms with E-state index >= 15 is 0 Å². The molecule has 0 aliphatic rings. The lowest BCUT2D eigenvalue weighted by molar-refractivity contribution is 0.474. The second-order valence-electron chi connectivity index (χ2n) is 4.18. The Labute approximate surface area is 111 Å². The molecule has 0 radical (unpaired) electrons. The van der Waals surface area contributed by atoms with E-state index in [-0.39, 0.29) is 5.75 Å². The smallest absolute Gasteiger partial charge is 0.130 e. The van der Waals surface area contributed by atoms with Crippen LogP contribution in [0.5, 0.6) is 5.75 Å². The van der Waals surface area contributed by atoms with Crippen molar-refractivity contribution < 1.29 is 5.11 Å². The van der Waals surface area contributed by atoms with Crippen LogP contribution >= 0.6 is 11.6 Å². The number of aromatic nitrogens is 2. The van der Waals surface area contributed by atoms with E-state index < -0.39 is 0 Å². The number of phenolic OH excluding ortho intramolecular Hbond substituents is 1. The van der Waals surface area contributed by atoms with Crippen molar-refractivity contribution in [1.82, 2.24) is 9.78 Å². The number of nitrogens with zero attached hydrogens (tertiary/aromatic N) is 2. The SMILES string of the molecule is NCCCc1cnn(Cc2cccc(O)c2)c1Cl. The highest BCUT2D eigenvalue weighted by Crippen LogP contribution is 2.19. The molecule has 0 atom stereocenters. The van der Waals surface area contributed by atoms with Gasteiger partial charge in [-0.1, -0.05) is 23.7 Å². The third-order valence-corrected chi connectivity index (χ3v) is 3.18. The molecule has 2 aromatic rings. The van der Waals surface area contributed by atoms with Crippen LogP contribution in [0.3, 0.4) is 0 Å². The fraction of sp³-hybridized carbons (Fsp3) is 0.308. The fourth-order valence-electron chi connectivity index (χ4n) is 1.81. The molecule has 1 aromatic carbocycles. The minimum Gasteiger partial charge on any atom is -0.508 e. The molecule has 0 spiro atoms. The molecule has 0 amide bonds. The van der Waals surface area contributed by atoms with E-state index in [0.29, 0.717) is 18.2 Å². The van der Waals surface area contributed by atoms with Crippen molar-refractivity contribution in [3.8, 4) is 5.75 Å². The lowest BCUT2D eigenvalue weighted by Crippen LogP contribution is -2.03. The molecule has 0 bridgehead atoms. The number of benzene rings is 1. The van der Waals surface area contributed by atoms with Crippen LogP contribution in [0.25, 0.3) is 0 Å². The number of hydrogen-bond acceptors (Lipinski definition) is 3. The predicted octanol–water partition coefficient (Wildman–Crippen LogP) is 2.18. The summed E-state index contributed by atoms with van der Waals surface area (Å²) >= 11 is 6.25. The Morgan fingerprint density at radius 3 is 2.94 bits per heavy atom. The van der Waals surface area contributed by atoms with E-state index in [1.54, 1.807) is 29.1 Å². The maximum atomic E-state index is 9.41. The number of halogens is 1. The number of aryl methyl sites for hydroxylation is 1. The molecule has 1 aromatic heterocycles. The molecule has 0 unspecified atom stereocenters. The summed E-state index contributed by atoms with van der Waals surface area (Å²) in [6.07, 6.45) is 3.52. The van der Waals surface area contributed by atoms with Gasteiger partial charge in [-0.05, 0) is 37.1 Å². The lowest BCUT2D eigenvalue weighted by atomic mass is 10.2. The summed E-state index contributed by atoms with van der Waals surface area (Å²) in [5.41, 5.74) is 7.45. The molecule has 0 aliphatic heterocycles. The van der Waals surface area contributed by atoms with E-state index in [2.05, 4.69) is 5.10 Å². The monoisotopic (exact) mass is 265 g/mol. The Morgan fingerprint density at radius 2 is 2.22 bits per heavy atom. The van der Waals surface area contributed by atoms with Gasteiger partial charge in [-0.15, -0.1) is 0 Å². The van der Waals surface area contributed by atoms with Gasteiger partial charge in [0.1, 0.15) is 10.9 Å². The molecule has 4 nitrogen and oxygen atoms in total. The molecule has 5 heteroatoms. The summed E-state index contributed by atoms with van der Waals surface area (Å²) in [4.78, 5) is 0. The molecule has 2 rings (SSSR count). The average molecular weight is 266 g/mol. The molecule has 3 N–H and O–H groups in total. The summed E-state index contributed by atoms with van der Waals surface area (Å²) in [7, 11) is 0. The van der Waals surface area contributed by atoms with Crippen LogP contribution in [0.15, 0.2) is 30.5 Å². The summed E-state index contributed by atoms with van der Waals surface area (Å²) in [5.74, 6) is 0.249. The average Bonchev–Trinajstić information content (AvgIpc) is 2.69. The van der Waals surface area contributed by atoms with Gasteiger partial charge in [0.15, 0.2) is 0 Å². The first-order chi connectivity index (χ1) is 8.70. The minimum absolute atomic E-state index is 0.249. The van der Waals surface area contributed by atoms with Gasteiger partial charge in [0.05, 0.1) is 12.7 Å². The van der Waals surface area contributed by atoms with Crippen LogP contribution in [0.1, 0.15) is 17.5 Å². The van der Waals surface area contributed by atoms with Crippen molar-refractivity contribution in [3.05, 3.63) is 46.7 Å². The van der Waals surface area contributed by atoms with Crippen molar-refractivity contribution in [2.75, 3.05) is 6.54 Å². The third-order valence-electron chi connectivity index (χ3n) is 2.74. The summed E-state index contributed by atoms with van der Waals surface area (Å²) in [5, 5.41) is 14.3. The molecular formula is C13H16ClN3O. The van der Waals surface area contributed by atoms with E-state index in [4.69, 9.17) is 17.3 Å². The Kier molecular flexibility index (Phi) is 4.23. The van der Waals surface area contributed by atoms with Crippen molar-refractivity contribution in [1.29, 1.82) is 0 Å². The predicted molar refractivity (Wildman–Crippen MR) is 71.8 cm³/mol. The lowest BCUT2D eigenvalue weighted by Gasteiger charge is -2.04. The van der Waals surface area contributed by atoms with Gasteiger partial charge < -0.3 is 10.8 Å². The van der Waals surface area contributed by atoms with Crippen molar-refractivity contribution >= 4 is 11.6 Å². The summed E-state index contributed by atoms with van der Waals surface area (Å²) in [6.45, 7) is 1.20. The van der Waals surface area contributed by atoms with Crippen LogP contribution in [0, 0.1) is 0 Å². The van der Waals surface area contributed by atoms with Crippen molar-refractivity contribution in [2.45, 2.75) is 19.4 Å². The largest absolute Gasteiger partial charge is 0.508 e. The zero-order valence-corrected chi connectivity index (χ0v) is 10.8. The molecule has 96 valence electrons. The Bertz CT molecular complexity index is 525. The highest BCUT2D eigenvalue weighted by Gasteiger charge is 2.08. The molecule has 18 heavy (non-hydrogen) atoms. The van der Waals surface area contributed by atoms with Crippen LogP contribution < -0.4 is 5.73 Å². The van der Waals surface area contributed by atoms with Gasteiger partial charge in [0.2, 0.25) is 0 Å². The third kappa shape index (κ3) is 3.03. The fourth-order valence-corrected chi connectivity index (χ4v) is 2.05. The molecule has 0 saturated carbocycles. The number of phenols is 1. The van der Waals surface area contributed by atoms with Gasteiger partial charge in [-0.25, -0.2) is 4.68 Å². The van der Waals surface area contributed by atoms with E-state index in [1.807, 2.05) is 6.07 Å². The highest BCUT2D eigenvalue weighted by molar-refractivity contribution is 6.30. The number of nitrogens with two attached hydrogens (primary N) is 1. The Balaban J connectivity index is 2.12. The number of rotatable bonds is 5. The quantitative estimate of drug-likeness (QED) is 0.871. The number of hydrogen-bond donors (Lipinski definition) is 2. The minimum atomic E-state index is 0.249. The van der Waals surface area contributed by atoms with Gasteiger partial charge in [-0.3, -0.25) is 0 Å². The molecule has 0 aliphatic carbocycles. The second-order valence-corrected chi connectivity index (χ2v) is 4.54. The van der Waals surface area contributed by atoms with Gasteiger partial charge in [-0.2, -0.15) is 5.10 Å². The van der Waals surface area contributed by atoms with Crippen LogP contribution in [0.4, 0.5) is 0 Å². The van der Waals surface area contributed by atoms with Crippen LogP contribution in [0.2, 0.25) is 5.15 Å². The number of aromatic hydroxyl groups is 1. The zero-order valence-electron chi connectivity index (χ0n) is 10.0. The van der Waals surface area contributed by atoms with Gasteiger partial charge in [0.25, 0.3) is 0 Å². The van der Waals surface area contributed by atoms with E-state index in [1.165, 1.54) is 0 Å². The summed E-state index contributed by atoms with van der Waals surface area (Å²) in [6, 6.07) is 7.08. The van der Waals surface area contributed by atoms with Crippen LogP contribution in [-0.2, 0) is 13.0 Å². The molecular weight excluding hydrogens is 250 g/mol. The molecule has 0 saturated heterocycles. The highest BCUT2D eigenvalue weighted by atomic mass is 35.5. The maximum absolute atomic E-state index is 9.41.